The molecule has 1 aromatic rings. The first kappa shape index (κ1) is 12.6. The zero-order valence-electron chi connectivity index (χ0n) is 9.75. The second kappa shape index (κ2) is 5.07. The lowest BCUT2D eigenvalue weighted by molar-refractivity contribution is -0.122. The van der Waals surface area contributed by atoms with Crippen LogP contribution in [0, 0.1) is 12.7 Å². The second-order valence-corrected chi connectivity index (χ2v) is 4.03. The number of amides is 1. The summed E-state index contributed by atoms with van der Waals surface area (Å²) in [6.07, 6.45) is 0. The Labute approximate surface area is 94.8 Å². The molecule has 0 aliphatic carbocycles. The molecule has 88 valence electrons. The molecule has 0 fully saturated rings. The summed E-state index contributed by atoms with van der Waals surface area (Å²) in [6.45, 7) is 5.16. The molecule has 3 N–H and O–H groups in total. The van der Waals surface area contributed by atoms with Gasteiger partial charge in [0.15, 0.2) is 0 Å². The van der Waals surface area contributed by atoms with E-state index in [2.05, 4.69) is 5.32 Å². The summed E-state index contributed by atoms with van der Waals surface area (Å²) in [5.41, 5.74) is 6.88. The van der Waals surface area contributed by atoms with Gasteiger partial charge >= 0.3 is 0 Å². The average molecular weight is 224 g/mol. The molecule has 0 aliphatic heterocycles. The highest BCUT2D eigenvalue weighted by atomic mass is 19.1. The first-order chi connectivity index (χ1) is 7.41. The Bertz CT molecular complexity index is 391. The van der Waals surface area contributed by atoms with Gasteiger partial charge in [-0.1, -0.05) is 12.1 Å². The minimum absolute atomic E-state index is 0.169. The van der Waals surface area contributed by atoms with Crippen LogP contribution in [0.4, 0.5) is 4.39 Å². The Morgan fingerprint density at radius 3 is 2.56 bits per heavy atom. The molecule has 1 aromatic carbocycles. The van der Waals surface area contributed by atoms with Crippen LogP contribution >= 0.6 is 0 Å². The standard InChI is InChI=1S/C12H17FN2O/c1-7-6-10(4-5-11(7)13)9(3)15-12(16)8(2)14/h4-6,8-9H,14H2,1-3H3,(H,15,16)/t8-,9?/m1/s1. The van der Waals surface area contributed by atoms with Crippen molar-refractivity contribution in [2.45, 2.75) is 32.9 Å². The van der Waals surface area contributed by atoms with Crippen LogP contribution in [0.1, 0.15) is 31.0 Å². The minimum Gasteiger partial charge on any atom is -0.348 e. The van der Waals surface area contributed by atoms with Crippen LogP contribution in [0.3, 0.4) is 0 Å². The SMILES string of the molecule is Cc1cc(C(C)NC(=O)[C@@H](C)N)ccc1F. The van der Waals surface area contributed by atoms with Gasteiger partial charge in [-0.2, -0.15) is 0 Å². The molecule has 0 saturated heterocycles. The molecule has 0 radical (unpaired) electrons. The molecule has 0 saturated carbocycles. The number of aryl methyl sites for hydroxylation is 1. The normalized spacial score (nSPS) is 14.3. The first-order valence-electron chi connectivity index (χ1n) is 5.24. The first-order valence-corrected chi connectivity index (χ1v) is 5.24. The number of halogens is 1. The van der Waals surface area contributed by atoms with Crippen molar-refractivity contribution in [3.8, 4) is 0 Å². The van der Waals surface area contributed by atoms with Crippen molar-refractivity contribution < 1.29 is 9.18 Å². The van der Waals surface area contributed by atoms with Gasteiger partial charge in [0.05, 0.1) is 12.1 Å². The van der Waals surface area contributed by atoms with Crippen LogP contribution in [-0.2, 0) is 4.79 Å². The summed E-state index contributed by atoms with van der Waals surface area (Å²) in [5.74, 6) is -0.455. The minimum atomic E-state index is -0.538. The number of carbonyl (C=O) groups is 1. The van der Waals surface area contributed by atoms with Gasteiger partial charge in [-0.15, -0.1) is 0 Å². The van der Waals surface area contributed by atoms with Crippen molar-refractivity contribution in [1.82, 2.24) is 5.32 Å². The monoisotopic (exact) mass is 224 g/mol. The Hall–Kier alpha value is -1.42. The van der Waals surface area contributed by atoms with E-state index < -0.39 is 6.04 Å². The molecule has 1 unspecified atom stereocenters. The van der Waals surface area contributed by atoms with Gasteiger partial charge in [0.1, 0.15) is 5.82 Å². The van der Waals surface area contributed by atoms with Crippen LogP contribution in [0.25, 0.3) is 0 Å². The van der Waals surface area contributed by atoms with E-state index in [1.807, 2.05) is 6.92 Å². The van der Waals surface area contributed by atoms with E-state index in [4.69, 9.17) is 5.73 Å². The van der Waals surface area contributed by atoms with E-state index in [-0.39, 0.29) is 17.8 Å². The molecule has 16 heavy (non-hydrogen) atoms. The Kier molecular flexibility index (Phi) is 4.01. The Morgan fingerprint density at radius 1 is 1.44 bits per heavy atom. The maximum absolute atomic E-state index is 13.0. The maximum Gasteiger partial charge on any atom is 0.237 e. The summed E-state index contributed by atoms with van der Waals surface area (Å²) in [5, 5.41) is 2.76. The third kappa shape index (κ3) is 3.03. The summed E-state index contributed by atoms with van der Waals surface area (Å²) >= 11 is 0. The summed E-state index contributed by atoms with van der Waals surface area (Å²) < 4.78 is 13.0. The topological polar surface area (TPSA) is 55.1 Å². The molecule has 0 aliphatic rings. The number of hydrogen-bond acceptors (Lipinski definition) is 2. The fourth-order valence-corrected chi connectivity index (χ4v) is 1.37. The molecule has 1 amide bonds. The van der Waals surface area contributed by atoms with Gasteiger partial charge in [-0.05, 0) is 38.0 Å². The van der Waals surface area contributed by atoms with E-state index in [1.54, 1.807) is 26.0 Å². The van der Waals surface area contributed by atoms with Gasteiger partial charge in [-0.25, -0.2) is 4.39 Å². The van der Waals surface area contributed by atoms with Crippen LogP contribution < -0.4 is 11.1 Å². The van der Waals surface area contributed by atoms with Crippen molar-refractivity contribution in [1.29, 1.82) is 0 Å². The van der Waals surface area contributed by atoms with Crippen LogP contribution in [-0.4, -0.2) is 11.9 Å². The third-order valence-corrected chi connectivity index (χ3v) is 2.45. The Morgan fingerprint density at radius 2 is 2.06 bits per heavy atom. The zero-order valence-corrected chi connectivity index (χ0v) is 9.75. The highest BCUT2D eigenvalue weighted by Gasteiger charge is 2.13. The lowest BCUT2D eigenvalue weighted by atomic mass is 10.1. The maximum atomic E-state index is 13.0. The fraction of sp³-hybridized carbons (Fsp3) is 0.417. The second-order valence-electron chi connectivity index (χ2n) is 4.03. The highest BCUT2D eigenvalue weighted by molar-refractivity contribution is 5.81. The van der Waals surface area contributed by atoms with E-state index in [0.717, 1.165) is 5.56 Å². The lowest BCUT2D eigenvalue weighted by Crippen LogP contribution is -2.39. The Balaban J connectivity index is 2.77. The highest BCUT2D eigenvalue weighted by Crippen LogP contribution is 2.16. The fourth-order valence-electron chi connectivity index (χ4n) is 1.37. The molecule has 1 rings (SSSR count). The van der Waals surface area contributed by atoms with Crippen molar-refractivity contribution in [3.05, 3.63) is 35.1 Å². The van der Waals surface area contributed by atoms with Crippen LogP contribution in [0.15, 0.2) is 18.2 Å². The van der Waals surface area contributed by atoms with E-state index in [9.17, 15) is 9.18 Å². The van der Waals surface area contributed by atoms with Crippen LogP contribution in [0.5, 0.6) is 0 Å². The van der Waals surface area contributed by atoms with Gasteiger partial charge in [0.25, 0.3) is 0 Å². The van der Waals surface area contributed by atoms with Crippen molar-refractivity contribution in [3.63, 3.8) is 0 Å². The summed E-state index contributed by atoms with van der Waals surface area (Å²) in [7, 11) is 0. The van der Waals surface area contributed by atoms with Crippen molar-refractivity contribution in [2.24, 2.45) is 5.73 Å². The molecular weight excluding hydrogens is 207 g/mol. The zero-order chi connectivity index (χ0) is 12.3. The summed E-state index contributed by atoms with van der Waals surface area (Å²) in [4.78, 5) is 11.4. The summed E-state index contributed by atoms with van der Waals surface area (Å²) in [6, 6.07) is 4.08. The largest absolute Gasteiger partial charge is 0.348 e. The van der Waals surface area contributed by atoms with E-state index >= 15 is 0 Å². The average Bonchev–Trinajstić information content (AvgIpc) is 2.21. The van der Waals surface area contributed by atoms with Gasteiger partial charge in [0.2, 0.25) is 5.91 Å². The molecule has 0 bridgehead atoms. The van der Waals surface area contributed by atoms with Gasteiger partial charge in [-0.3, -0.25) is 4.79 Å². The molecule has 0 heterocycles. The molecule has 4 heteroatoms. The molecule has 2 atom stereocenters. The number of nitrogens with one attached hydrogen (secondary N) is 1. The molecule has 3 nitrogen and oxygen atoms in total. The molecule has 0 aromatic heterocycles. The molecular formula is C12H17FN2O. The van der Waals surface area contributed by atoms with Gasteiger partial charge in [0, 0.05) is 0 Å². The van der Waals surface area contributed by atoms with Crippen molar-refractivity contribution >= 4 is 5.91 Å². The van der Waals surface area contributed by atoms with E-state index in [0.29, 0.717) is 5.56 Å². The molecule has 0 spiro atoms. The number of rotatable bonds is 3. The van der Waals surface area contributed by atoms with Crippen LogP contribution in [0.2, 0.25) is 0 Å². The predicted molar refractivity (Wildman–Crippen MR) is 61.3 cm³/mol. The number of benzene rings is 1. The lowest BCUT2D eigenvalue weighted by Gasteiger charge is -2.16. The smallest absolute Gasteiger partial charge is 0.237 e. The quantitative estimate of drug-likeness (QED) is 0.820. The van der Waals surface area contributed by atoms with E-state index in [1.165, 1.54) is 6.07 Å². The number of carbonyl (C=O) groups excluding carboxylic acids is 1. The number of nitrogens with two attached hydrogens (primary N) is 1. The number of hydrogen-bond donors (Lipinski definition) is 2. The van der Waals surface area contributed by atoms with Gasteiger partial charge < -0.3 is 11.1 Å². The predicted octanol–water partition coefficient (Wildman–Crippen LogP) is 1.66. The van der Waals surface area contributed by atoms with Crippen molar-refractivity contribution in [2.75, 3.05) is 0 Å². The third-order valence-electron chi connectivity index (χ3n) is 2.45.